The Labute approximate surface area is 210 Å². The Morgan fingerprint density at radius 1 is 1.17 bits per heavy atom. The molecule has 1 aromatic carbocycles. The number of carbonyl (C=O) groups excluding carboxylic acids is 1. The number of amides is 1. The maximum Gasteiger partial charge on any atom is 0.298 e. The first-order valence-corrected chi connectivity index (χ1v) is 12.3. The predicted molar refractivity (Wildman–Crippen MR) is 139 cm³/mol. The van der Waals surface area contributed by atoms with Crippen LogP contribution in [-0.2, 0) is 9.53 Å². The molecule has 4 heterocycles. The molecule has 1 N–H and O–H groups in total. The third-order valence-electron chi connectivity index (χ3n) is 6.44. The van der Waals surface area contributed by atoms with Gasteiger partial charge >= 0.3 is 0 Å². The van der Waals surface area contributed by atoms with Crippen molar-refractivity contribution in [3.8, 4) is 17.6 Å². The molecule has 186 valence electrons. The molecule has 1 amide bonds. The van der Waals surface area contributed by atoms with Crippen molar-refractivity contribution in [3.05, 3.63) is 42.2 Å². The van der Waals surface area contributed by atoms with Crippen molar-refractivity contribution in [2.24, 2.45) is 0 Å². The van der Waals surface area contributed by atoms with E-state index < -0.39 is 0 Å². The summed E-state index contributed by atoms with van der Waals surface area (Å²) in [5, 5.41) is 3.40. The molecule has 0 unspecified atom stereocenters. The topological polar surface area (TPSA) is 92.7 Å². The van der Waals surface area contributed by atoms with Gasteiger partial charge in [0.05, 0.1) is 12.1 Å². The van der Waals surface area contributed by atoms with Gasteiger partial charge in [-0.05, 0) is 68.5 Å². The molecule has 1 atom stereocenters. The Balaban J connectivity index is 1.31. The molecule has 2 aliphatic rings. The van der Waals surface area contributed by atoms with Crippen LogP contribution in [0.15, 0.2) is 36.7 Å². The number of benzene rings is 1. The van der Waals surface area contributed by atoms with E-state index in [1.54, 1.807) is 18.2 Å². The summed E-state index contributed by atoms with van der Waals surface area (Å²) in [4.78, 5) is 29.8. The highest BCUT2D eigenvalue weighted by atomic mass is 16.5. The highest BCUT2D eigenvalue weighted by molar-refractivity contribution is 5.93. The molecule has 36 heavy (non-hydrogen) atoms. The van der Waals surface area contributed by atoms with Gasteiger partial charge in [0.25, 0.3) is 5.91 Å². The third kappa shape index (κ3) is 5.34. The largest absolute Gasteiger partial charge is 0.488 e. The Hall–Kier alpha value is -3.90. The lowest BCUT2D eigenvalue weighted by Gasteiger charge is -2.34. The fraction of sp³-hybridized carbons (Fsp3) is 0.407. The van der Waals surface area contributed by atoms with Gasteiger partial charge in [0.15, 0.2) is 5.82 Å². The first-order valence-electron chi connectivity index (χ1n) is 12.3. The zero-order valence-electron chi connectivity index (χ0n) is 20.7. The molecule has 0 aliphatic carbocycles. The van der Waals surface area contributed by atoms with E-state index in [2.05, 4.69) is 32.0 Å². The lowest BCUT2D eigenvalue weighted by molar-refractivity contribution is -0.125. The molecule has 2 fully saturated rings. The van der Waals surface area contributed by atoms with Crippen LogP contribution in [0.5, 0.6) is 5.75 Å². The van der Waals surface area contributed by atoms with Gasteiger partial charge in [-0.25, -0.2) is 15.0 Å². The molecule has 9 nitrogen and oxygen atoms in total. The second-order valence-corrected chi connectivity index (χ2v) is 8.98. The average Bonchev–Trinajstić information content (AvgIpc) is 2.91. The van der Waals surface area contributed by atoms with Gasteiger partial charge in [-0.2, -0.15) is 0 Å². The summed E-state index contributed by atoms with van der Waals surface area (Å²) in [7, 11) is 0. The van der Waals surface area contributed by atoms with Gasteiger partial charge in [0.2, 0.25) is 0 Å². The maximum absolute atomic E-state index is 12.1. The second-order valence-electron chi connectivity index (χ2n) is 8.98. The number of carbonyl (C=O) groups is 1. The zero-order valence-corrected chi connectivity index (χ0v) is 20.7. The van der Waals surface area contributed by atoms with E-state index in [4.69, 9.17) is 14.5 Å². The third-order valence-corrected chi connectivity index (χ3v) is 6.44. The highest BCUT2D eigenvalue weighted by Crippen LogP contribution is 2.29. The summed E-state index contributed by atoms with van der Waals surface area (Å²) in [6.07, 6.45) is 3.68. The van der Waals surface area contributed by atoms with Crippen molar-refractivity contribution in [2.75, 3.05) is 49.6 Å². The van der Waals surface area contributed by atoms with E-state index in [1.807, 2.05) is 37.3 Å². The zero-order chi connectivity index (χ0) is 24.9. The predicted octanol–water partition coefficient (Wildman–Crippen LogP) is 3.31. The van der Waals surface area contributed by atoms with Gasteiger partial charge in [0, 0.05) is 38.5 Å². The Bertz CT molecular complexity index is 1300. The normalized spacial score (nSPS) is 17.9. The van der Waals surface area contributed by atoms with Crippen LogP contribution in [0, 0.1) is 18.8 Å². The first kappa shape index (κ1) is 23.8. The van der Waals surface area contributed by atoms with Crippen LogP contribution in [0.2, 0.25) is 0 Å². The van der Waals surface area contributed by atoms with Crippen LogP contribution in [-0.4, -0.2) is 71.3 Å². The quantitative estimate of drug-likeness (QED) is 0.549. The molecule has 5 rings (SSSR count). The Morgan fingerprint density at radius 3 is 2.78 bits per heavy atom. The number of ether oxygens (including phenoxy) is 2. The van der Waals surface area contributed by atoms with Crippen LogP contribution in [0.3, 0.4) is 0 Å². The molecule has 0 saturated carbocycles. The van der Waals surface area contributed by atoms with Crippen LogP contribution in [0.1, 0.15) is 25.3 Å². The summed E-state index contributed by atoms with van der Waals surface area (Å²) < 4.78 is 11.7. The molecule has 0 spiro atoms. The van der Waals surface area contributed by atoms with Crippen molar-refractivity contribution >= 4 is 34.3 Å². The monoisotopic (exact) mass is 486 g/mol. The summed E-state index contributed by atoms with van der Waals surface area (Å²) in [6.45, 7) is 7.78. The van der Waals surface area contributed by atoms with Crippen LogP contribution >= 0.6 is 0 Å². The summed E-state index contributed by atoms with van der Waals surface area (Å²) in [6, 6.07) is 9.94. The molecule has 2 aliphatic heterocycles. The standard InChI is InChI=1S/C27H30N6O3/c1-3-5-25(34)33-13-11-32(12-14-33)24-10-8-22-26(31-24)27(29-18-28-22)30-20-7-9-23(19(2)16-20)36-21-6-4-15-35-17-21/h7-10,16,18,21H,4,6,11-15,17H2,1-2H3,(H,28,29,30)/t21-/m0/s1. The van der Waals surface area contributed by atoms with E-state index in [1.165, 1.54) is 0 Å². The smallest absolute Gasteiger partial charge is 0.298 e. The fourth-order valence-electron chi connectivity index (χ4n) is 4.50. The Kier molecular flexibility index (Phi) is 7.14. The lowest BCUT2D eigenvalue weighted by Crippen LogP contribution is -2.48. The SMILES string of the molecule is CC#CC(=O)N1CCN(c2ccc3ncnc(Nc4ccc(O[C@H]5CCCOC5)c(C)c4)c3n2)CC1. The van der Waals surface area contributed by atoms with Gasteiger partial charge in [-0.15, -0.1) is 0 Å². The molecule has 2 aromatic heterocycles. The van der Waals surface area contributed by atoms with Gasteiger partial charge < -0.3 is 24.6 Å². The number of fused-ring (bicyclic) bond motifs is 1. The van der Waals surface area contributed by atoms with Crippen molar-refractivity contribution in [3.63, 3.8) is 0 Å². The number of anilines is 3. The number of nitrogens with one attached hydrogen (secondary N) is 1. The van der Waals surface area contributed by atoms with Gasteiger partial charge in [-0.3, -0.25) is 4.79 Å². The molecule has 0 radical (unpaired) electrons. The number of hydrogen-bond donors (Lipinski definition) is 1. The minimum absolute atomic E-state index is 0.101. The fourth-order valence-corrected chi connectivity index (χ4v) is 4.50. The lowest BCUT2D eigenvalue weighted by atomic mass is 10.1. The number of piperazine rings is 1. The number of aryl methyl sites for hydroxylation is 1. The van der Waals surface area contributed by atoms with Gasteiger partial charge in [-0.1, -0.05) is 5.92 Å². The maximum atomic E-state index is 12.1. The Morgan fingerprint density at radius 2 is 2.03 bits per heavy atom. The number of hydrogen-bond acceptors (Lipinski definition) is 8. The van der Waals surface area contributed by atoms with Crippen LogP contribution < -0.4 is 15.0 Å². The minimum atomic E-state index is -0.123. The summed E-state index contributed by atoms with van der Waals surface area (Å²) >= 11 is 0. The van der Waals surface area contributed by atoms with Crippen LogP contribution in [0.4, 0.5) is 17.3 Å². The highest BCUT2D eigenvalue weighted by Gasteiger charge is 2.22. The summed E-state index contributed by atoms with van der Waals surface area (Å²) in [5.41, 5.74) is 3.40. The van der Waals surface area contributed by atoms with E-state index >= 15 is 0 Å². The molecular weight excluding hydrogens is 456 g/mol. The van der Waals surface area contributed by atoms with Gasteiger partial charge in [0.1, 0.15) is 29.5 Å². The van der Waals surface area contributed by atoms with Crippen molar-refractivity contribution < 1.29 is 14.3 Å². The summed E-state index contributed by atoms with van der Waals surface area (Å²) in [5.74, 6) is 7.52. The van der Waals surface area contributed by atoms with Crippen molar-refractivity contribution in [1.29, 1.82) is 0 Å². The molecule has 9 heteroatoms. The average molecular weight is 487 g/mol. The first-order chi connectivity index (χ1) is 17.6. The minimum Gasteiger partial charge on any atom is -0.488 e. The van der Waals surface area contributed by atoms with E-state index in [-0.39, 0.29) is 12.0 Å². The van der Waals surface area contributed by atoms with E-state index in [0.29, 0.717) is 44.1 Å². The number of rotatable bonds is 5. The van der Waals surface area contributed by atoms with Crippen LogP contribution in [0.25, 0.3) is 11.0 Å². The molecule has 2 saturated heterocycles. The molecule has 0 bridgehead atoms. The molecular formula is C27H30N6O3. The number of nitrogens with zero attached hydrogens (tertiary/aromatic N) is 5. The van der Waals surface area contributed by atoms with Crippen molar-refractivity contribution in [2.45, 2.75) is 32.8 Å². The number of aromatic nitrogens is 3. The molecule has 3 aromatic rings. The van der Waals surface area contributed by atoms with E-state index in [9.17, 15) is 4.79 Å². The van der Waals surface area contributed by atoms with E-state index in [0.717, 1.165) is 47.8 Å². The van der Waals surface area contributed by atoms with Crippen molar-refractivity contribution in [1.82, 2.24) is 19.9 Å². The second kappa shape index (κ2) is 10.8. The number of pyridine rings is 1.